The zero-order chi connectivity index (χ0) is 21.0. The van der Waals surface area contributed by atoms with Gasteiger partial charge in [0.15, 0.2) is 0 Å². The quantitative estimate of drug-likeness (QED) is 0.629. The van der Waals surface area contributed by atoms with Crippen molar-refractivity contribution in [2.45, 2.75) is 39.2 Å². The highest BCUT2D eigenvalue weighted by atomic mass is 32.1. The molecule has 0 aliphatic rings. The zero-order valence-corrected chi connectivity index (χ0v) is 17.8. The Morgan fingerprint density at radius 1 is 1.17 bits per heavy atom. The predicted molar refractivity (Wildman–Crippen MR) is 116 cm³/mol. The van der Waals surface area contributed by atoms with Gasteiger partial charge in [-0.2, -0.15) is 0 Å². The van der Waals surface area contributed by atoms with Gasteiger partial charge in [0.2, 0.25) is 5.91 Å². The third-order valence-electron chi connectivity index (χ3n) is 4.21. The maximum atomic E-state index is 13.1. The number of ether oxygens (including phenoxy) is 1. The summed E-state index contributed by atoms with van der Waals surface area (Å²) >= 11 is 1.47. The number of amides is 2. The number of rotatable bonds is 5. The summed E-state index contributed by atoms with van der Waals surface area (Å²) in [4.78, 5) is 29.2. The van der Waals surface area contributed by atoms with Crippen LogP contribution in [0.25, 0.3) is 10.1 Å². The van der Waals surface area contributed by atoms with Crippen molar-refractivity contribution in [3.63, 3.8) is 0 Å². The Labute approximate surface area is 174 Å². The van der Waals surface area contributed by atoms with Gasteiger partial charge in [-0.1, -0.05) is 29.8 Å². The molecule has 0 saturated carbocycles. The van der Waals surface area contributed by atoms with Crippen LogP contribution in [0.4, 0.5) is 9.80 Å². The molecular formula is C22H25N3O3S. The van der Waals surface area contributed by atoms with Crippen LogP contribution in [0.2, 0.25) is 0 Å². The van der Waals surface area contributed by atoms with E-state index in [-0.39, 0.29) is 12.5 Å². The average Bonchev–Trinajstić information content (AvgIpc) is 3.04. The van der Waals surface area contributed by atoms with Gasteiger partial charge in [0, 0.05) is 18.9 Å². The van der Waals surface area contributed by atoms with E-state index in [2.05, 4.69) is 15.6 Å². The highest BCUT2D eigenvalue weighted by molar-refractivity contribution is 7.22. The van der Waals surface area contributed by atoms with E-state index in [1.165, 1.54) is 11.3 Å². The van der Waals surface area contributed by atoms with E-state index < -0.39 is 17.6 Å². The van der Waals surface area contributed by atoms with E-state index >= 15 is 0 Å². The largest absolute Gasteiger partial charge is 0.444 e. The van der Waals surface area contributed by atoms with Gasteiger partial charge >= 0.3 is 6.09 Å². The number of anilines is 1. The number of carbonyl (C=O) groups excluding carboxylic acids is 2. The topological polar surface area (TPSA) is 80.3 Å². The molecule has 3 rings (SSSR count). The second kappa shape index (κ2) is 8.61. The molecule has 2 heterocycles. The van der Waals surface area contributed by atoms with E-state index in [0.717, 1.165) is 26.2 Å². The molecule has 0 aliphatic heterocycles. The number of aryl methyl sites for hydroxylation is 1. The zero-order valence-electron chi connectivity index (χ0n) is 17.0. The molecule has 0 radical (unpaired) electrons. The van der Waals surface area contributed by atoms with Crippen LogP contribution in [0.3, 0.4) is 0 Å². The number of nitrogens with one attached hydrogen (secondary N) is 2. The summed E-state index contributed by atoms with van der Waals surface area (Å²) in [5.41, 5.74) is 1.33. The number of benzene rings is 1. The van der Waals surface area contributed by atoms with E-state index in [9.17, 15) is 9.59 Å². The predicted octanol–water partition coefficient (Wildman–Crippen LogP) is 4.85. The van der Waals surface area contributed by atoms with Gasteiger partial charge in [-0.05, 0) is 50.8 Å². The second-order valence-corrected chi connectivity index (χ2v) is 8.94. The van der Waals surface area contributed by atoms with Crippen LogP contribution in [-0.2, 0) is 9.53 Å². The molecule has 0 saturated heterocycles. The number of hydrogen-bond donors (Lipinski definition) is 2. The lowest BCUT2D eigenvalue weighted by Gasteiger charge is -2.22. The average molecular weight is 412 g/mol. The molecule has 29 heavy (non-hydrogen) atoms. The molecule has 7 heteroatoms. The maximum absolute atomic E-state index is 13.1. The Bertz CT molecular complexity index is 973. The Kier molecular flexibility index (Phi) is 6.17. The van der Waals surface area contributed by atoms with Crippen molar-refractivity contribution >= 4 is 38.4 Å². The monoisotopic (exact) mass is 411 g/mol. The summed E-state index contributed by atoms with van der Waals surface area (Å²) in [5.74, 6) is -0.740. The highest BCUT2D eigenvalue weighted by Gasteiger charge is 2.24. The van der Waals surface area contributed by atoms with Crippen LogP contribution in [-0.4, -0.2) is 29.1 Å². The number of thiophene rings is 1. The van der Waals surface area contributed by atoms with Crippen molar-refractivity contribution in [3.8, 4) is 0 Å². The molecule has 152 valence electrons. The third kappa shape index (κ3) is 5.77. The molecule has 0 unspecified atom stereocenters. The normalized spacial score (nSPS) is 12.4. The maximum Gasteiger partial charge on any atom is 0.407 e. The first kappa shape index (κ1) is 20.8. The third-order valence-corrected chi connectivity index (χ3v) is 5.22. The lowest BCUT2D eigenvalue weighted by molar-refractivity contribution is -0.117. The van der Waals surface area contributed by atoms with Crippen LogP contribution < -0.4 is 10.6 Å². The Hall–Kier alpha value is -2.93. The molecule has 2 amide bonds. The summed E-state index contributed by atoms with van der Waals surface area (Å²) in [5, 5.41) is 7.46. The van der Waals surface area contributed by atoms with Crippen molar-refractivity contribution < 1.29 is 14.3 Å². The summed E-state index contributed by atoms with van der Waals surface area (Å²) in [6.07, 6.45) is 2.95. The summed E-state index contributed by atoms with van der Waals surface area (Å²) in [6.45, 7) is 7.52. The molecular weight excluding hydrogens is 386 g/mol. The fourth-order valence-corrected chi connectivity index (χ4v) is 3.75. The summed E-state index contributed by atoms with van der Waals surface area (Å²) in [6, 6.07) is 11.6. The molecule has 0 bridgehead atoms. The van der Waals surface area contributed by atoms with Crippen LogP contribution in [0.15, 0.2) is 48.8 Å². The standard InChI is InChI=1S/C22H25N3O3S/c1-14-5-7-15(8-6-14)17(12-24-21(27)28-22(2,3)4)20(26)25-19-11-16-9-10-23-13-18(16)29-19/h5-11,13,17H,12H2,1-4H3,(H,24,27)(H,25,26)/t17-/m1/s1. The SMILES string of the molecule is Cc1ccc([C@@H](CNC(=O)OC(C)(C)C)C(=O)Nc2cc3ccncc3s2)cc1. The van der Waals surface area contributed by atoms with Crippen molar-refractivity contribution in [2.75, 3.05) is 11.9 Å². The van der Waals surface area contributed by atoms with E-state index in [4.69, 9.17) is 4.74 Å². The number of alkyl carbamates (subject to hydrolysis) is 1. The van der Waals surface area contributed by atoms with Crippen molar-refractivity contribution in [2.24, 2.45) is 0 Å². The molecule has 0 aliphatic carbocycles. The van der Waals surface area contributed by atoms with E-state index in [1.54, 1.807) is 33.2 Å². The smallest absolute Gasteiger partial charge is 0.407 e. The van der Waals surface area contributed by atoms with Crippen LogP contribution >= 0.6 is 11.3 Å². The van der Waals surface area contributed by atoms with Gasteiger partial charge < -0.3 is 15.4 Å². The molecule has 0 fully saturated rings. The number of nitrogens with zero attached hydrogens (tertiary/aromatic N) is 1. The fraction of sp³-hybridized carbons (Fsp3) is 0.318. The Morgan fingerprint density at radius 2 is 1.90 bits per heavy atom. The molecule has 0 spiro atoms. The number of hydrogen-bond acceptors (Lipinski definition) is 5. The van der Waals surface area contributed by atoms with Gasteiger partial charge in [-0.3, -0.25) is 9.78 Å². The second-order valence-electron chi connectivity index (χ2n) is 7.86. The molecule has 1 aromatic carbocycles. The molecule has 6 nitrogen and oxygen atoms in total. The number of fused-ring (bicyclic) bond motifs is 1. The minimum atomic E-state index is -0.600. The van der Waals surface area contributed by atoms with E-state index in [1.807, 2.05) is 43.3 Å². The molecule has 2 N–H and O–H groups in total. The van der Waals surface area contributed by atoms with E-state index in [0.29, 0.717) is 0 Å². The van der Waals surface area contributed by atoms with Crippen LogP contribution in [0.1, 0.15) is 37.8 Å². The van der Waals surface area contributed by atoms with Crippen molar-refractivity contribution in [3.05, 3.63) is 59.9 Å². The minimum Gasteiger partial charge on any atom is -0.444 e. The lowest BCUT2D eigenvalue weighted by atomic mass is 9.97. The molecule has 2 aromatic heterocycles. The van der Waals surface area contributed by atoms with Crippen molar-refractivity contribution in [1.82, 2.24) is 10.3 Å². The van der Waals surface area contributed by atoms with Gasteiger partial charge in [-0.15, -0.1) is 11.3 Å². The Morgan fingerprint density at radius 3 is 2.55 bits per heavy atom. The molecule has 1 atom stereocenters. The van der Waals surface area contributed by atoms with Crippen molar-refractivity contribution in [1.29, 1.82) is 0 Å². The summed E-state index contributed by atoms with van der Waals surface area (Å²) < 4.78 is 6.30. The van der Waals surface area contributed by atoms with Gasteiger partial charge in [0.05, 0.1) is 15.6 Å². The van der Waals surface area contributed by atoms with Crippen LogP contribution in [0, 0.1) is 6.92 Å². The first-order valence-electron chi connectivity index (χ1n) is 9.39. The van der Waals surface area contributed by atoms with Crippen LogP contribution in [0.5, 0.6) is 0 Å². The highest BCUT2D eigenvalue weighted by Crippen LogP contribution is 2.30. The fourth-order valence-electron chi connectivity index (χ4n) is 2.81. The Balaban J connectivity index is 1.76. The summed E-state index contributed by atoms with van der Waals surface area (Å²) in [7, 11) is 0. The number of carbonyl (C=O) groups is 2. The van der Waals surface area contributed by atoms with Gasteiger partial charge in [-0.25, -0.2) is 4.79 Å². The minimum absolute atomic E-state index is 0.135. The first-order chi connectivity index (χ1) is 13.7. The number of pyridine rings is 1. The number of aromatic nitrogens is 1. The van der Waals surface area contributed by atoms with Gasteiger partial charge in [0.25, 0.3) is 0 Å². The van der Waals surface area contributed by atoms with Gasteiger partial charge in [0.1, 0.15) is 5.60 Å². The lowest BCUT2D eigenvalue weighted by Crippen LogP contribution is -2.37. The molecule has 3 aromatic rings. The first-order valence-corrected chi connectivity index (χ1v) is 10.2.